The van der Waals surface area contributed by atoms with Crippen LogP contribution in [0.4, 0.5) is 0 Å². The molecule has 5 heteroatoms. The molecule has 2 aromatic rings. The third-order valence-corrected chi connectivity index (χ3v) is 2.66. The zero-order valence-corrected chi connectivity index (χ0v) is 9.73. The van der Waals surface area contributed by atoms with Gasteiger partial charge in [-0.15, -0.1) is 0 Å². The number of nitriles is 1. The molecular formula is C12H13N3O2. The molecule has 0 spiro atoms. The molecule has 0 fully saturated rings. The first kappa shape index (κ1) is 11.4. The van der Waals surface area contributed by atoms with E-state index in [1.807, 2.05) is 12.1 Å². The van der Waals surface area contributed by atoms with E-state index in [2.05, 4.69) is 11.4 Å². The number of fused-ring (bicyclic) bond motifs is 1. The van der Waals surface area contributed by atoms with Gasteiger partial charge in [-0.25, -0.2) is 4.79 Å². The number of rotatable bonds is 3. The van der Waals surface area contributed by atoms with E-state index in [4.69, 9.17) is 9.68 Å². The average Bonchev–Trinajstić information content (AvgIpc) is 2.62. The molecule has 0 aliphatic carbocycles. The molecule has 0 aliphatic rings. The fourth-order valence-electron chi connectivity index (χ4n) is 1.60. The molecule has 1 unspecified atom stereocenters. The van der Waals surface area contributed by atoms with E-state index in [-0.39, 0.29) is 11.8 Å². The van der Waals surface area contributed by atoms with Crippen molar-refractivity contribution in [2.24, 2.45) is 7.05 Å². The zero-order valence-electron chi connectivity index (χ0n) is 9.73. The zero-order chi connectivity index (χ0) is 12.4. The van der Waals surface area contributed by atoms with Gasteiger partial charge in [0.2, 0.25) is 0 Å². The number of oxazole rings is 1. The molecule has 17 heavy (non-hydrogen) atoms. The summed E-state index contributed by atoms with van der Waals surface area (Å²) in [6, 6.07) is 7.44. The van der Waals surface area contributed by atoms with E-state index in [0.717, 1.165) is 11.1 Å². The standard InChI is InChI=1S/C12H13N3O2/c1-8(6-13)14-7-9-3-4-11-10(5-9)15(2)12(16)17-11/h3-5,8,14H,7H2,1-2H3. The number of hydrogen-bond acceptors (Lipinski definition) is 4. The molecule has 1 aromatic heterocycles. The van der Waals surface area contributed by atoms with Gasteiger partial charge in [-0.1, -0.05) is 6.07 Å². The van der Waals surface area contributed by atoms with Crippen LogP contribution < -0.4 is 11.1 Å². The Morgan fingerprint density at radius 2 is 2.35 bits per heavy atom. The Hall–Kier alpha value is -2.06. The number of aromatic nitrogens is 1. The van der Waals surface area contributed by atoms with Crippen LogP contribution in [0, 0.1) is 11.3 Å². The van der Waals surface area contributed by atoms with Gasteiger partial charge in [-0.3, -0.25) is 9.88 Å². The maximum atomic E-state index is 11.3. The van der Waals surface area contributed by atoms with Gasteiger partial charge in [0.1, 0.15) is 0 Å². The summed E-state index contributed by atoms with van der Waals surface area (Å²) in [6.07, 6.45) is 0. The number of nitrogens with one attached hydrogen (secondary N) is 1. The van der Waals surface area contributed by atoms with E-state index < -0.39 is 0 Å². The van der Waals surface area contributed by atoms with Crippen LogP contribution in [0.2, 0.25) is 0 Å². The summed E-state index contributed by atoms with van der Waals surface area (Å²) in [4.78, 5) is 11.3. The topological polar surface area (TPSA) is 71.0 Å². The van der Waals surface area contributed by atoms with Crippen molar-refractivity contribution in [3.8, 4) is 6.07 Å². The van der Waals surface area contributed by atoms with Gasteiger partial charge in [-0.05, 0) is 24.6 Å². The summed E-state index contributed by atoms with van der Waals surface area (Å²) >= 11 is 0. The molecule has 1 aromatic carbocycles. The van der Waals surface area contributed by atoms with Crippen molar-refractivity contribution in [2.75, 3.05) is 0 Å². The maximum Gasteiger partial charge on any atom is 0.419 e. The predicted octanol–water partition coefficient (Wildman–Crippen LogP) is 1.13. The van der Waals surface area contributed by atoms with Gasteiger partial charge in [0.05, 0.1) is 17.6 Å². The normalized spacial score (nSPS) is 12.5. The van der Waals surface area contributed by atoms with E-state index in [1.54, 1.807) is 20.0 Å². The minimum Gasteiger partial charge on any atom is -0.408 e. The Morgan fingerprint density at radius 1 is 1.59 bits per heavy atom. The summed E-state index contributed by atoms with van der Waals surface area (Å²) in [7, 11) is 1.67. The molecule has 0 aliphatic heterocycles. The second-order valence-electron chi connectivity index (χ2n) is 3.96. The predicted molar refractivity (Wildman–Crippen MR) is 63.4 cm³/mol. The molecule has 5 nitrogen and oxygen atoms in total. The minimum absolute atomic E-state index is 0.195. The number of aryl methyl sites for hydroxylation is 1. The Balaban J connectivity index is 2.29. The largest absolute Gasteiger partial charge is 0.419 e. The second kappa shape index (κ2) is 4.44. The van der Waals surface area contributed by atoms with Crippen LogP contribution in [0.1, 0.15) is 12.5 Å². The van der Waals surface area contributed by atoms with Crippen LogP contribution in [-0.4, -0.2) is 10.6 Å². The summed E-state index contributed by atoms with van der Waals surface area (Å²) in [6.45, 7) is 2.39. The van der Waals surface area contributed by atoms with Crippen molar-refractivity contribution < 1.29 is 4.42 Å². The lowest BCUT2D eigenvalue weighted by Gasteiger charge is -2.05. The van der Waals surface area contributed by atoms with Gasteiger partial charge in [0.25, 0.3) is 0 Å². The van der Waals surface area contributed by atoms with E-state index in [9.17, 15) is 4.79 Å². The highest BCUT2D eigenvalue weighted by molar-refractivity contribution is 5.73. The molecule has 0 radical (unpaired) electrons. The van der Waals surface area contributed by atoms with Crippen molar-refractivity contribution in [3.05, 3.63) is 34.3 Å². The second-order valence-corrected chi connectivity index (χ2v) is 3.96. The van der Waals surface area contributed by atoms with Gasteiger partial charge in [0.15, 0.2) is 5.58 Å². The first-order valence-electron chi connectivity index (χ1n) is 5.33. The van der Waals surface area contributed by atoms with E-state index >= 15 is 0 Å². The molecule has 0 saturated heterocycles. The third kappa shape index (κ3) is 2.22. The highest BCUT2D eigenvalue weighted by Crippen LogP contribution is 2.14. The number of nitrogens with zero attached hydrogens (tertiary/aromatic N) is 2. The van der Waals surface area contributed by atoms with Crippen LogP contribution in [0.5, 0.6) is 0 Å². The van der Waals surface area contributed by atoms with Gasteiger partial charge >= 0.3 is 5.76 Å². The molecule has 88 valence electrons. The number of hydrogen-bond donors (Lipinski definition) is 1. The Bertz CT molecular complexity index is 633. The summed E-state index contributed by atoms with van der Waals surface area (Å²) in [5.74, 6) is -0.365. The van der Waals surface area contributed by atoms with Crippen molar-refractivity contribution in [3.63, 3.8) is 0 Å². The molecular weight excluding hydrogens is 218 g/mol. The number of benzene rings is 1. The summed E-state index contributed by atoms with van der Waals surface area (Å²) < 4.78 is 6.50. The highest BCUT2D eigenvalue weighted by atomic mass is 16.4. The van der Waals surface area contributed by atoms with Crippen molar-refractivity contribution in [2.45, 2.75) is 19.5 Å². The first-order valence-corrected chi connectivity index (χ1v) is 5.33. The molecule has 0 amide bonds. The fraction of sp³-hybridized carbons (Fsp3) is 0.333. The molecule has 2 rings (SSSR count). The minimum atomic E-state index is -0.365. The van der Waals surface area contributed by atoms with E-state index in [0.29, 0.717) is 12.1 Å². The Kier molecular flexibility index (Phi) is 2.98. The summed E-state index contributed by atoms with van der Waals surface area (Å²) in [5.41, 5.74) is 2.35. The molecule has 0 bridgehead atoms. The smallest absolute Gasteiger partial charge is 0.408 e. The average molecular weight is 231 g/mol. The lowest BCUT2D eigenvalue weighted by Crippen LogP contribution is -2.23. The SMILES string of the molecule is CC(C#N)NCc1ccc2oc(=O)n(C)c2c1. The highest BCUT2D eigenvalue weighted by Gasteiger charge is 2.06. The molecule has 1 heterocycles. The quantitative estimate of drug-likeness (QED) is 0.859. The fourth-order valence-corrected chi connectivity index (χ4v) is 1.60. The van der Waals surface area contributed by atoms with E-state index in [1.165, 1.54) is 4.57 Å². The monoisotopic (exact) mass is 231 g/mol. The maximum absolute atomic E-state index is 11.3. The van der Waals surface area contributed by atoms with Crippen molar-refractivity contribution in [1.82, 2.24) is 9.88 Å². The molecule has 0 saturated carbocycles. The lowest BCUT2D eigenvalue weighted by molar-refractivity contribution is 0.528. The van der Waals surface area contributed by atoms with Gasteiger partial charge in [-0.2, -0.15) is 5.26 Å². The molecule has 1 N–H and O–H groups in total. The van der Waals surface area contributed by atoms with Crippen LogP contribution in [0.25, 0.3) is 11.1 Å². The van der Waals surface area contributed by atoms with Crippen molar-refractivity contribution in [1.29, 1.82) is 5.26 Å². The first-order chi connectivity index (χ1) is 8.11. The van der Waals surface area contributed by atoms with Crippen LogP contribution in [0.15, 0.2) is 27.4 Å². The van der Waals surface area contributed by atoms with Crippen LogP contribution in [0.3, 0.4) is 0 Å². The summed E-state index contributed by atoms with van der Waals surface area (Å²) in [5, 5.41) is 11.7. The third-order valence-electron chi connectivity index (χ3n) is 2.66. The van der Waals surface area contributed by atoms with Crippen molar-refractivity contribution >= 4 is 11.1 Å². The molecule has 1 atom stereocenters. The lowest BCUT2D eigenvalue weighted by atomic mass is 10.2. The van der Waals surface area contributed by atoms with Gasteiger partial charge in [0, 0.05) is 13.6 Å². The van der Waals surface area contributed by atoms with Crippen LogP contribution >= 0.6 is 0 Å². The Labute approximate surface area is 98.3 Å². The van der Waals surface area contributed by atoms with Crippen LogP contribution in [-0.2, 0) is 13.6 Å². The van der Waals surface area contributed by atoms with Gasteiger partial charge < -0.3 is 4.42 Å². The Morgan fingerprint density at radius 3 is 3.06 bits per heavy atom.